The van der Waals surface area contributed by atoms with Crippen LogP contribution in [0.4, 0.5) is 0 Å². The van der Waals surface area contributed by atoms with Crippen molar-refractivity contribution in [1.29, 1.82) is 0 Å². The highest BCUT2D eigenvalue weighted by Crippen LogP contribution is 2.27. The fraction of sp³-hybridized carbons (Fsp3) is 0.476. The lowest BCUT2D eigenvalue weighted by atomic mass is 9.86. The number of benzene rings is 1. The number of carbonyl (C=O) groups is 1. The van der Waals surface area contributed by atoms with Crippen molar-refractivity contribution in [3.05, 3.63) is 42.1 Å². The monoisotopic (exact) mass is 369 g/mol. The minimum Gasteiger partial charge on any atom is -0.352 e. The molecule has 1 heterocycles. The fourth-order valence-corrected chi connectivity index (χ4v) is 4.23. The molecular weight excluding hydrogens is 342 g/mol. The molecular formula is C21H27N3OS. The highest BCUT2D eigenvalue weighted by molar-refractivity contribution is 8.00. The summed E-state index contributed by atoms with van der Waals surface area (Å²) in [6.07, 6.45) is 4.77. The zero-order valence-electron chi connectivity index (χ0n) is 15.7. The maximum atomic E-state index is 12.6. The van der Waals surface area contributed by atoms with E-state index in [9.17, 15) is 4.79 Å². The lowest BCUT2D eigenvalue weighted by molar-refractivity contribution is -0.121. The molecule has 138 valence electrons. The Bertz CT molecular complexity index is 750. The van der Waals surface area contributed by atoms with Crippen LogP contribution in [0.3, 0.4) is 0 Å². The molecule has 0 saturated heterocycles. The number of aryl methyl sites for hydroxylation is 1. The van der Waals surface area contributed by atoms with Gasteiger partial charge in [0.15, 0.2) is 5.16 Å². The number of amides is 1. The van der Waals surface area contributed by atoms with Gasteiger partial charge in [-0.1, -0.05) is 61.9 Å². The average molecular weight is 370 g/mol. The van der Waals surface area contributed by atoms with Crippen molar-refractivity contribution in [2.75, 3.05) is 0 Å². The average Bonchev–Trinajstić information content (AvgIpc) is 2.64. The molecule has 5 heteroatoms. The molecule has 0 aliphatic heterocycles. The van der Waals surface area contributed by atoms with E-state index in [2.05, 4.69) is 22.2 Å². The van der Waals surface area contributed by atoms with Crippen molar-refractivity contribution < 1.29 is 4.79 Å². The number of hydrogen-bond donors (Lipinski definition) is 1. The van der Waals surface area contributed by atoms with Crippen LogP contribution in [-0.4, -0.2) is 27.2 Å². The van der Waals surface area contributed by atoms with Crippen molar-refractivity contribution in [3.8, 4) is 11.3 Å². The first kappa shape index (κ1) is 18.9. The lowest BCUT2D eigenvalue weighted by Gasteiger charge is -2.30. The molecule has 1 aromatic carbocycles. The number of aromatic nitrogens is 2. The van der Waals surface area contributed by atoms with E-state index in [1.165, 1.54) is 31.0 Å². The maximum Gasteiger partial charge on any atom is 0.233 e. The van der Waals surface area contributed by atoms with Crippen molar-refractivity contribution in [2.24, 2.45) is 5.92 Å². The highest BCUT2D eigenvalue weighted by Gasteiger charge is 2.25. The van der Waals surface area contributed by atoms with E-state index in [0.717, 1.165) is 23.4 Å². The maximum absolute atomic E-state index is 12.6. The van der Waals surface area contributed by atoms with Crippen LogP contribution in [0.2, 0.25) is 0 Å². The first-order chi connectivity index (χ1) is 12.5. The van der Waals surface area contributed by atoms with Crippen LogP contribution in [0.1, 0.15) is 45.2 Å². The van der Waals surface area contributed by atoms with Crippen LogP contribution < -0.4 is 5.32 Å². The normalized spacial score (nSPS) is 21.2. The van der Waals surface area contributed by atoms with Gasteiger partial charge >= 0.3 is 0 Å². The number of rotatable bonds is 5. The van der Waals surface area contributed by atoms with E-state index >= 15 is 0 Å². The molecule has 26 heavy (non-hydrogen) atoms. The van der Waals surface area contributed by atoms with Gasteiger partial charge in [-0.05, 0) is 38.7 Å². The summed E-state index contributed by atoms with van der Waals surface area (Å²) in [6, 6.07) is 12.4. The molecule has 1 aliphatic rings. The molecule has 4 nitrogen and oxygen atoms in total. The molecule has 0 spiro atoms. The molecule has 1 N–H and O–H groups in total. The molecule has 0 unspecified atom stereocenters. The SMILES string of the molecule is Cc1cc(-c2ccccc2)nc(S[C@H](C)C(=O)N[C@@H]2CCCC[C@@H]2C)n1. The van der Waals surface area contributed by atoms with Gasteiger partial charge in [-0.15, -0.1) is 0 Å². The zero-order chi connectivity index (χ0) is 18.5. The molecule has 0 bridgehead atoms. The van der Waals surface area contributed by atoms with E-state index in [1.807, 2.05) is 50.2 Å². The molecule has 3 rings (SSSR count). The van der Waals surface area contributed by atoms with Gasteiger partial charge in [0.2, 0.25) is 5.91 Å². The second-order valence-corrected chi connectivity index (χ2v) is 8.49. The summed E-state index contributed by atoms with van der Waals surface area (Å²) >= 11 is 1.43. The Morgan fingerprint density at radius 3 is 2.65 bits per heavy atom. The minimum atomic E-state index is -0.213. The fourth-order valence-electron chi connectivity index (χ4n) is 3.39. The van der Waals surface area contributed by atoms with E-state index in [1.54, 1.807) is 0 Å². The summed E-state index contributed by atoms with van der Waals surface area (Å²) in [5.41, 5.74) is 2.87. The molecule has 2 aromatic rings. The van der Waals surface area contributed by atoms with E-state index in [4.69, 9.17) is 0 Å². The number of nitrogens with zero attached hydrogens (tertiary/aromatic N) is 2. The van der Waals surface area contributed by atoms with E-state index < -0.39 is 0 Å². The number of thioether (sulfide) groups is 1. The summed E-state index contributed by atoms with van der Waals surface area (Å²) in [7, 11) is 0. The van der Waals surface area contributed by atoms with Crippen LogP contribution in [0.25, 0.3) is 11.3 Å². The first-order valence-electron chi connectivity index (χ1n) is 9.41. The number of hydrogen-bond acceptors (Lipinski definition) is 4. The topological polar surface area (TPSA) is 54.9 Å². The van der Waals surface area contributed by atoms with Gasteiger partial charge < -0.3 is 5.32 Å². The predicted molar refractivity (Wildman–Crippen MR) is 107 cm³/mol. The lowest BCUT2D eigenvalue weighted by Crippen LogP contribution is -2.44. The van der Waals surface area contributed by atoms with Gasteiger partial charge in [0.05, 0.1) is 10.9 Å². The second-order valence-electron chi connectivity index (χ2n) is 7.18. The Labute approximate surface area is 160 Å². The summed E-state index contributed by atoms with van der Waals surface area (Å²) in [6.45, 7) is 6.13. The molecule has 1 amide bonds. The molecule has 1 aliphatic carbocycles. The van der Waals surface area contributed by atoms with Gasteiger partial charge in [0.1, 0.15) is 0 Å². The Hall–Kier alpha value is -1.88. The molecule has 1 saturated carbocycles. The standard InChI is InChI=1S/C21H27N3OS/c1-14-9-7-8-12-18(14)23-20(25)16(3)26-21-22-15(2)13-19(24-21)17-10-5-4-6-11-17/h4-6,10-11,13-14,16,18H,7-9,12H2,1-3H3,(H,23,25)/t14-,16+,18+/m0/s1. The van der Waals surface area contributed by atoms with Crippen LogP contribution in [-0.2, 0) is 4.79 Å². The Morgan fingerprint density at radius 1 is 1.19 bits per heavy atom. The smallest absolute Gasteiger partial charge is 0.233 e. The van der Waals surface area contributed by atoms with Gasteiger partial charge in [-0.3, -0.25) is 4.79 Å². The Kier molecular flexibility index (Phi) is 6.30. The second kappa shape index (κ2) is 8.67. The minimum absolute atomic E-state index is 0.0834. The van der Waals surface area contributed by atoms with Crippen molar-refractivity contribution in [3.63, 3.8) is 0 Å². The first-order valence-corrected chi connectivity index (χ1v) is 10.3. The van der Waals surface area contributed by atoms with Gasteiger partial charge in [-0.2, -0.15) is 0 Å². The van der Waals surface area contributed by atoms with Gasteiger partial charge in [0, 0.05) is 17.3 Å². The third-order valence-electron chi connectivity index (χ3n) is 4.99. The molecule has 0 radical (unpaired) electrons. The van der Waals surface area contributed by atoms with Crippen LogP contribution in [0.15, 0.2) is 41.6 Å². The highest BCUT2D eigenvalue weighted by atomic mass is 32.2. The molecule has 1 aromatic heterocycles. The van der Waals surface area contributed by atoms with Crippen molar-refractivity contribution in [1.82, 2.24) is 15.3 Å². The summed E-state index contributed by atoms with van der Waals surface area (Å²) in [5, 5.41) is 3.68. The van der Waals surface area contributed by atoms with E-state index in [-0.39, 0.29) is 11.2 Å². The van der Waals surface area contributed by atoms with Crippen molar-refractivity contribution in [2.45, 2.75) is 62.9 Å². The molecule has 1 fully saturated rings. The van der Waals surface area contributed by atoms with E-state index in [0.29, 0.717) is 17.1 Å². The van der Waals surface area contributed by atoms with Gasteiger partial charge in [0.25, 0.3) is 0 Å². The van der Waals surface area contributed by atoms with Crippen LogP contribution in [0.5, 0.6) is 0 Å². The van der Waals surface area contributed by atoms with Crippen molar-refractivity contribution >= 4 is 17.7 Å². The number of nitrogens with one attached hydrogen (secondary N) is 1. The molecule has 3 atom stereocenters. The number of carbonyl (C=O) groups excluding carboxylic acids is 1. The van der Waals surface area contributed by atoms with Gasteiger partial charge in [-0.25, -0.2) is 9.97 Å². The Morgan fingerprint density at radius 2 is 1.92 bits per heavy atom. The third-order valence-corrected chi connectivity index (χ3v) is 5.95. The Balaban J connectivity index is 1.68. The van der Waals surface area contributed by atoms with Crippen LogP contribution >= 0.6 is 11.8 Å². The quantitative estimate of drug-likeness (QED) is 0.617. The van der Waals surface area contributed by atoms with Crippen LogP contribution in [0, 0.1) is 12.8 Å². The zero-order valence-corrected chi connectivity index (χ0v) is 16.6. The third kappa shape index (κ3) is 4.85. The largest absolute Gasteiger partial charge is 0.352 e. The predicted octanol–water partition coefficient (Wildman–Crippen LogP) is 4.63. The summed E-state index contributed by atoms with van der Waals surface area (Å²) in [5.74, 6) is 0.643. The summed E-state index contributed by atoms with van der Waals surface area (Å²) in [4.78, 5) is 21.8. The summed E-state index contributed by atoms with van der Waals surface area (Å²) < 4.78 is 0.